The van der Waals surface area contributed by atoms with Crippen LogP contribution in [0.2, 0.25) is 0 Å². The molecule has 123 valence electrons. The molecule has 0 heterocycles. The minimum absolute atomic E-state index is 0.416. The van der Waals surface area contributed by atoms with Crippen LogP contribution >= 0.6 is 0 Å². The maximum Gasteiger partial charge on any atom is 0.0376 e. The van der Waals surface area contributed by atoms with Gasteiger partial charge in [-0.25, -0.2) is 0 Å². The summed E-state index contributed by atoms with van der Waals surface area (Å²) in [5, 5.41) is 0. The molecule has 0 aliphatic carbocycles. The summed E-state index contributed by atoms with van der Waals surface area (Å²) in [6, 6.07) is 22.1. The van der Waals surface area contributed by atoms with Crippen LogP contribution in [0.4, 0.5) is 0 Å². The van der Waals surface area contributed by atoms with Gasteiger partial charge in [-0.05, 0) is 49.9 Å². The van der Waals surface area contributed by atoms with Gasteiger partial charge in [0.05, 0.1) is 0 Å². The monoisotopic (exact) mass is 308 g/mol. The van der Waals surface area contributed by atoms with E-state index in [2.05, 4.69) is 92.9 Å². The molecule has 0 spiro atoms. The van der Waals surface area contributed by atoms with Crippen molar-refractivity contribution >= 4 is 0 Å². The van der Waals surface area contributed by atoms with Gasteiger partial charge in [-0.2, -0.15) is 0 Å². The van der Waals surface area contributed by atoms with Crippen molar-refractivity contribution in [1.29, 1.82) is 0 Å². The van der Waals surface area contributed by atoms with Gasteiger partial charge >= 0.3 is 0 Å². The Morgan fingerprint density at radius 2 is 1.48 bits per heavy atom. The summed E-state index contributed by atoms with van der Waals surface area (Å²) in [5.74, 6) is 0.598. The molecule has 0 saturated carbocycles. The van der Waals surface area contributed by atoms with E-state index in [4.69, 9.17) is 0 Å². The molecule has 0 aliphatic rings. The summed E-state index contributed by atoms with van der Waals surface area (Å²) < 4.78 is 0. The van der Waals surface area contributed by atoms with Gasteiger partial charge in [-0.1, -0.05) is 80.9 Å². The van der Waals surface area contributed by atoms with E-state index in [0.29, 0.717) is 12.0 Å². The van der Waals surface area contributed by atoms with Crippen molar-refractivity contribution in [1.82, 2.24) is 4.90 Å². The molecule has 1 nitrogen and oxygen atoms in total. The second kappa shape index (κ2) is 9.52. The largest absolute Gasteiger partial charge is 0.299 e. The summed E-state index contributed by atoms with van der Waals surface area (Å²) in [6.45, 7) is 5.68. The highest BCUT2D eigenvalue weighted by molar-refractivity contribution is 5.22. The smallest absolute Gasteiger partial charge is 0.0376 e. The lowest BCUT2D eigenvalue weighted by molar-refractivity contribution is 0.258. The molecule has 1 heteroatoms. The van der Waals surface area contributed by atoms with Crippen LogP contribution in [0.15, 0.2) is 60.7 Å². The van der Waals surface area contributed by atoms with Crippen LogP contribution in [0.3, 0.4) is 0 Å². The van der Waals surface area contributed by atoms with Gasteiger partial charge in [0.1, 0.15) is 0 Å². The van der Waals surface area contributed by atoms with E-state index < -0.39 is 0 Å². The van der Waals surface area contributed by atoms with Crippen LogP contribution < -0.4 is 0 Å². The first-order valence-corrected chi connectivity index (χ1v) is 8.85. The van der Waals surface area contributed by atoms with E-state index >= 15 is 0 Å². The van der Waals surface area contributed by atoms with E-state index in [1.165, 1.54) is 24.0 Å². The maximum atomic E-state index is 2.49. The van der Waals surface area contributed by atoms with Crippen molar-refractivity contribution in [2.24, 2.45) is 0 Å². The first kappa shape index (κ1) is 17.7. The minimum atomic E-state index is 0.416. The molecule has 23 heavy (non-hydrogen) atoms. The summed E-state index contributed by atoms with van der Waals surface area (Å²) >= 11 is 0. The van der Waals surface area contributed by atoms with Crippen molar-refractivity contribution in [3.63, 3.8) is 0 Å². The van der Waals surface area contributed by atoms with Gasteiger partial charge in [-0.3, -0.25) is 4.90 Å². The fourth-order valence-corrected chi connectivity index (χ4v) is 3.03. The van der Waals surface area contributed by atoms with Crippen LogP contribution in [0.5, 0.6) is 0 Å². The van der Waals surface area contributed by atoms with Crippen molar-refractivity contribution in [3.05, 3.63) is 78.2 Å². The average molecular weight is 308 g/mol. The van der Waals surface area contributed by atoms with Gasteiger partial charge in [-0.15, -0.1) is 0 Å². The molecule has 1 radical (unpaired) electrons. The third kappa shape index (κ3) is 5.51. The SMILES string of the molecule is CCC[CH]C(c1ccccc1)N(C)CCC(C)c1ccccc1. The lowest BCUT2D eigenvalue weighted by Crippen LogP contribution is -2.27. The molecule has 0 aromatic heterocycles. The van der Waals surface area contributed by atoms with Gasteiger partial charge in [0, 0.05) is 6.04 Å². The lowest BCUT2D eigenvalue weighted by Gasteiger charge is -2.29. The molecule has 2 unspecified atom stereocenters. The zero-order valence-corrected chi connectivity index (χ0v) is 14.8. The highest BCUT2D eigenvalue weighted by atomic mass is 15.1. The summed E-state index contributed by atoms with van der Waals surface area (Å²) in [5.41, 5.74) is 2.84. The molecule has 2 aromatic rings. The van der Waals surface area contributed by atoms with E-state index in [-0.39, 0.29) is 0 Å². The zero-order valence-electron chi connectivity index (χ0n) is 14.8. The molecule has 2 aromatic carbocycles. The van der Waals surface area contributed by atoms with Gasteiger partial charge < -0.3 is 0 Å². The lowest BCUT2D eigenvalue weighted by atomic mass is 9.96. The summed E-state index contributed by atoms with van der Waals surface area (Å²) in [7, 11) is 2.25. The van der Waals surface area contributed by atoms with Gasteiger partial charge in [0.15, 0.2) is 0 Å². The Bertz CT molecular complexity index is 534. The molecule has 0 fully saturated rings. The fraction of sp³-hybridized carbons (Fsp3) is 0.409. The number of unbranched alkanes of at least 4 members (excludes halogenated alkanes) is 1. The van der Waals surface area contributed by atoms with Crippen molar-refractivity contribution in [3.8, 4) is 0 Å². The first-order valence-electron chi connectivity index (χ1n) is 8.85. The van der Waals surface area contributed by atoms with Crippen molar-refractivity contribution in [2.45, 2.75) is 45.1 Å². The van der Waals surface area contributed by atoms with E-state index in [1.807, 2.05) is 0 Å². The third-order valence-electron chi connectivity index (χ3n) is 4.58. The maximum absolute atomic E-state index is 2.49. The second-order valence-corrected chi connectivity index (χ2v) is 6.46. The number of hydrogen-bond donors (Lipinski definition) is 0. The Kier molecular flexibility index (Phi) is 7.35. The topological polar surface area (TPSA) is 3.24 Å². The summed E-state index contributed by atoms with van der Waals surface area (Å²) in [6.07, 6.45) is 6.02. The second-order valence-electron chi connectivity index (χ2n) is 6.46. The predicted octanol–water partition coefficient (Wildman–Crippen LogP) is 5.86. The third-order valence-corrected chi connectivity index (χ3v) is 4.58. The van der Waals surface area contributed by atoms with Crippen LogP contribution in [-0.4, -0.2) is 18.5 Å². The number of hydrogen-bond acceptors (Lipinski definition) is 1. The zero-order chi connectivity index (χ0) is 16.5. The van der Waals surface area contributed by atoms with Gasteiger partial charge in [0.2, 0.25) is 0 Å². The summed E-state index contributed by atoms with van der Waals surface area (Å²) in [4.78, 5) is 2.49. The normalized spacial score (nSPS) is 13.9. The highest BCUT2D eigenvalue weighted by Gasteiger charge is 2.17. The minimum Gasteiger partial charge on any atom is -0.299 e. The Labute approximate surface area is 142 Å². The van der Waals surface area contributed by atoms with Crippen molar-refractivity contribution in [2.75, 3.05) is 13.6 Å². The molecule has 0 saturated heterocycles. The van der Waals surface area contributed by atoms with Crippen molar-refractivity contribution < 1.29 is 0 Å². The molecule has 0 N–H and O–H groups in total. The average Bonchev–Trinajstić information content (AvgIpc) is 2.61. The molecule has 2 atom stereocenters. The Morgan fingerprint density at radius 1 is 0.913 bits per heavy atom. The van der Waals surface area contributed by atoms with E-state index in [1.54, 1.807) is 0 Å². The molecule has 2 rings (SSSR count). The molecule has 0 amide bonds. The number of rotatable bonds is 9. The highest BCUT2D eigenvalue weighted by Crippen LogP contribution is 2.26. The molecule has 0 bridgehead atoms. The standard InChI is InChI=1S/C22H30N/c1-4-5-16-22(21-14-10-7-11-15-21)23(3)18-17-19(2)20-12-8-6-9-13-20/h6-16,19,22H,4-5,17-18H2,1-3H3. The van der Waals surface area contributed by atoms with Crippen LogP contribution in [0.25, 0.3) is 0 Å². The first-order chi connectivity index (χ1) is 11.2. The Hall–Kier alpha value is -1.60. The van der Waals surface area contributed by atoms with Gasteiger partial charge in [0.25, 0.3) is 0 Å². The quantitative estimate of drug-likeness (QED) is 0.561. The Morgan fingerprint density at radius 3 is 2.04 bits per heavy atom. The molecule has 0 aliphatic heterocycles. The van der Waals surface area contributed by atoms with E-state index in [0.717, 1.165) is 13.0 Å². The molecular formula is C22H30N. The fourth-order valence-electron chi connectivity index (χ4n) is 3.03. The van der Waals surface area contributed by atoms with Crippen LogP contribution in [-0.2, 0) is 0 Å². The Balaban J connectivity index is 1.96. The van der Waals surface area contributed by atoms with E-state index in [9.17, 15) is 0 Å². The predicted molar refractivity (Wildman–Crippen MR) is 100 cm³/mol. The van der Waals surface area contributed by atoms with Crippen LogP contribution in [0.1, 0.15) is 56.2 Å². The number of nitrogens with zero attached hydrogens (tertiary/aromatic N) is 1. The molecular weight excluding hydrogens is 278 g/mol. The number of benzene rings is 2. The van der Waals surface area contributed by atoms with Crippen LogP contribution in [0, 0.1) is 6.42 Å².